The number of nitrogens with two attached hydrogens (primary N) is 1. The summed E-state index contributed by atoms with van der Waals surface area (Å²) in [7, 11) is 0. The summed E-state index contributed by atoms with van der Waals surface area (Å²) in [5.41, 5.74) is 6.41. The summed E-state index contributed by atoms with van der Waals surface area (Å²) < 4.78 is 0. The lowest BCUT2D eigenvalue weighted by atomic mass is 10.1. The van der Waals surface area contributed by atoms with Gasteiger partial charge in [0.05, 0.1) is 5.56 Å². The van der Waals surface area contributed by atoms with E-state index in [4.69, 9.17) is 22.4 Å². The fourth-order valence-electron chi connectivity index (χ4n) is 1.17. The first kappa shape index (κ1) is 12.8. The van der Waals surface area contributed by atoms with Crippen LogP contribution in [0, 0.1) is 5.92 Å². The molecule has 0 bridgehead atoms. The van der Waals surface area contributed by atoms with Crippen molar-refractivity contribution in [1.29, 1.82) is 0 Å². The van der Waals surface area contributed by atoms with Crippen LogP contribution in [0.3, 0.4) is 0 Å². The maximum Gasteiger partial charge on any atom is 0.253 e. The highest BCUT2D eigenvalue weighted by Gasteiger charge is 2.10. The molecule has 0 aliphatic heterocycles. The van der Waals surface area contributed by atoms with Gasteiger partial charge in [0, 0.05) is 23.9 Å². The Morgan fingerprint density at radius 1 is 1.62 bits per heavy atom. The molecular weight excluding hydrogens is 228 g/mol. The number of nitrogen functional groups attached to an aromatic ring is 1. The second-order valence-corrected chi connectivity index (χ2v) is 4.17. The van der Waals surface area contributed by atoms with Gasteiger partial charge in [0.15, 0.2) is 0 Å². The van der Waals surface area contributed by atoms with Crippen molar-refractivity contribution < 1.29 is 9.90 Å². The quantitative estimate of drug-likeness (QED) is 0.697. The van der Waals surface area contributed by atoms with E-state index in [9.17, 15) is 4.79 Å². The van der Waals surface area contributed by atoms with Crippen molar-refractivity contribution in [1.82, 2.24) is 5.32 Å². The van der Waals surface area contributed by atoms with Gasteiger partial charge in [-0.1, -0.05) is 18.5 Å². The monoisotopic (exact) mass is 242 g/mol. The molecular formula is C11H15ClN2O2. The van der Waals surface area contributed by atoms with Gasteiger partial charge < -0.3 is 16.2 Å². The van der Waals surface area contributed by atoms with E-state index in [-0.39, 0.29) is 18.4 Å². The van der Waals surface area contributed by atoms with Crippen LogP contribution in [0.25, 0.3) is 0 Å². The number of halogens is 1. The standard InChI is InChI=1S/C11H15ClN2O2/c1-7(6-15)5-14-11(16)9-3-2-8(12)4-10(9)13/h2-4,7,15H,5-6,13H2,1H3,(H,14,16). The summed E-state index contributed by atoms with van der Waals surface area (Å²) in [6.07, 6.45) is 0. The molecule has 1 aromatic carbocycles. The molecule has 0 heterocycles. The van der Waals surface area contributed by atoms with Crippen LogP contribution in [-0.2, 0) is 0 Å². The zero-order chi connectivity index (χ0) is 12.1. The maximum absolute atomic E-state index is 11.7. The third-order valence-corrected chi connectivity index (χ3v) is 2.42. The second-order valence-electron chi connectivity index (χ2n) is 3.73. The molecule has 1 rings (SSSR count). The third kappa shape index (κ3) is 3.40. The zero-order valence-corrected chi connectivity index (χ0v) is 9.79. The van der Waals surface area contributed by atoms with Crippen LogP contribution in [0.5, 0.6) is 0 Å². The molecule has 4 nitrogen and oxygen atoms in total. The van der Waals surface area contributed by atoms with Gasteiger partial charge in [-0.15, -0.1) is 0 Å². The zero-order valence-electron chi connectivity index (χ0n) is 9.03. The van der Waals surface area contributed by atoms with Gasteiger partial charge in [-0.2, -0.15) is 0 Å². The van der Waals surface area contributed by atoms with Crippen molar-refractivity contribution >= 4 is 23.2 Å². The van der Waals surface area contributed by atoms with Crippen molar-refractivity contribution in [3.05, 3.63) is 28.8 Å². The van der Waals surface area contributed by atoms with E-state index in [1.54, 1.807) is 12.1 Å². The summed E-state index contributed by atoms with van der Waals surface area (Å²) in [6, 6.07) is 4.73. The third-order valence-electron chi connectivity index (χ3n) is 2.18. The highest BCUT2D eigenvalue weighted by Crippen LogP contribution is 2.17. The fourth-order valence-corrected chi connectivity index (χ4v) is 1.35. The van der Waals surface area contributed by atoms with E-state index in [0.717, 1.165) is 0 Å². The molecule has 0 saturated heterocycles. The summed E-state index contributed by atoms with van der Waals surface area (Å²) in [5, 5.41) is 12.0. The Bertz CT molecular complexity index is 382. The van der Waals surface area contributed by atoms with Crippen molar-refractivity contribution in [2.24, 2.45) is 5.92 Å². The first-order chi connectivity index (χ1) is 7.54. The highest BCUT2D eigenvalue weighted by molar-refractivity contribution is 6.31. The highest BCUT2D eigenvalue weighted by atomic mass is 35.5. The van der Waals surface area contributed by atoms with Crippen molar-refractivity contribution in [2.75, 3.05) is 18.9 Å². The van der Waals surface area contributed by atoms with Gasteiger partial charge in [0.25, 0.3) is 5.91 Å². The van der Waals surface area contributed by atoms with E-state index in [1.807, 2.05) is 6.92 Å². The predicted octanol–water partition coefficient (Wildman–Crippen LogP) is 1.28. The smallest absolute Gasteiger partial charge is 0.253 e. The number of anilines is 1. The Morgan fingerprint density at radius 3 is 2.88 bits per heavy atom. The van der Waals surface area contributed by atoms with Crippen LogP contribution in [0.4, 0.5) is 5.69 Å². The predicted molar refractivity (Wildman–Crippen MR) is 64.4 cm³/mol. The summed E-state index contributed by atoms with van der Waals surface area (Å²) in [6.45, 7) is 2.29. The molecule has 0 aromatic heterocycles. The molecule has 0 fully saturated rings. The molecule has 4 N–H and O–H groups in total. The minimum Gasteiger partial charge on any atom is -0.398 e. The number of amides is 1. The Hall–Kier alpha value is -1.26. The van der Waals surface area contributed by atoms with E-state index < -0.39 is 0 Å². The lowest BCUT2D eigenvalue weighted by molar-refractivity contribution is 0.0943. The molecule has 1 amide bonds. The molecule has 5 heteroatoms. The Morgan fingerprint density at radius 2 is 2.31 bits per heavy atom. The van der Waals surface area contributed by atoms with Crippen LogP contribution in [0.1, 0.15) is 17.3 Å². The molecule has 1 atom stereocenters. The average Bonchev–Trinajstić information content (AvgIpc) is 2.25. The molecule has 0 aliphatic rings. The first-order valence-corrected chi connectivity index (χ1v) is 5.36. The van der Waals surface area contributed by atoms with Crippen molar-refractivity contribution in [2.45, 2.75) is 6.92 Å². The topological polar surface area (TPSA) is 75.3 Å². The Kier molecular flexibility index (Phi) is 4.58. The summed E-state index contributed by atoms with van der Waals surface area (Å²) >= 11 is 5.73. The molecule has 16 heavy (non-hydrogen) atoms. The lowest BCUT2D eigenvalue weighted by Crippen LogP contribution is -2.30. The van der Waals surface area contributed by atoms with Gasteiger partial charge in [0.2, 0.25) is 0 Å². The number of nitrogens with one attached hydrogen (secondary N) is 1. The van der Waals surface area contributed by atoms with Crippen LogP contribution in [0.2, 0.25) is 5.02 Å². The average molecular weight is 243 g/mol. The summed E-state index contributed by atoms with van der Waals surface area (Å²) in [5.74, 6) is -0.230. The molecule has 1 aromatic rings. The normalized spacial score (nSPS) is 12.2. The molecule has 0 aliphatic carbocycles. The minimum absolute atomic E-state index is 0.0254. The number of hydrogen-bond donors (Lipinski definition) is 3. The number of hydrogen-bond acceptors (Lipinski definition) is 3. The van der Waals surface area contributed by atoms with Gasteiger partial charge >= 0.3 is 0 Å². The van der Waals surface area contributed by atoms with Crippen LogP contribution in [-0.4, -0.2) is 24.2 Å². The van der Waals surface area contributed by atoms with Gasteiger partial charge in [0.1, 0.15) is 0 Å². The number of carbonyl (C=O) groups excluding carboxylic acids is 1. The SMILES string of the molecule is CC(CO)CNC(=O)c1ccc(Cl)cc1N. The van der Waals surface area contributed by atoms with E-state index >= 15 is 0 Å². The second kappa shape index (κ2) is 5.72. The number of benzene rings is 1. The molecule has 1 unspecified atom stereocenters. The van der Waals surface area contributed by atoms with E-state index in [0.29, 0.717) is 22.8 Å². The maximum atomic E-state index is 11.7. The number of carbonyl (C=O) groups is 1. The van der Waals surface area contributed by atoms with Crippen LogP contribution >= 0.6 is 11.6 Å². The number of rotatable bonds is 4. The van der Waals surface area contributed by atoms with Gasteiger partial charge in [-0.25, -0.2) is 0 Å². The number of aliphatic hydroxyl groups excluding tert-OH is 1. The fraction of sp³-hybridized carbons (Fsp3) is 0.364. The molecule has 0 radical (unpaired) electrons. The molecule has 0 spiro atoms. The Labute approximate surface area is 99.4 Å². The van der Waals surface area contributed by atoms with Gasteiger partial charge in [-0.3, -0.25) is 4.79 Å². The summed E-state index contributed by atoms with van der Waals surface area (Å²) in [4.78, 5) is 11.7. The molecule has 0 saturated carbocycles. The molecule has 88 valence electrons. The largest absolute Gasteiger partial charge is 0.398 e. The minimum atomic E-state index is -0.255. The van der Waals surface area contributed by atoms with Crippen molar-refractivity contribution in [3.63, 3.8) is 0 Å². The van der Waals surface area contributed by atoms with Crippen LogP contribution < -0.4 is 11.1 Å². The van der Waals surface area contributed by atoms with Crippen LogP contribution in [0.15, 0.2) is 18.2 Å². The van der Waals surface area contributed by atoms with Crippen molar-refractivity contribution in [3.8, 4) is 0 Å². The van der Waals surface area contributed by atoms with Gasteiger partial charge in [-0.05, 0) is 24.1 Å². The Balaban J connectivity index is 2.66. The first-order valence-electron chi connectivity index (χ1n) is 4.98. The van der Waals surface area contributed by atoms with E-state index in [2.05, 4.69) is 5.32 Å². The van der Waals surface area contributed by atoms with E-state index in [1.165, 1.54) is 6.07 Å². The number of aliphatic hydroxyl groups is 1. The lowest BCUT2D eigenvalue weighted by Gasteiger charge is -2.10.